The van der Waals surface area contributed by atoms with Crippen LogP contribution in [-0.4, -0.2) is 8.07 Å². The van der Waals surface area contributed by atoms with E-state index in [0.717, 1.165) is 5.54 Å². The van der Waals surface area contributed by atoms with Gasteiger partial charge in [-0.1, -0.05) is 58.3 Å². The largest absolute Gasteiger partial charge is 0.103 e. The average Bonchev–Trinajstić information content (AvgIpc) is 2.13. The van der Waals surface area contributed by atoms with E-state index in [0.29, 0.717) is 0 Å². The molecule has 0 amide bonds. The highest BCUT2D eigenvalue weighted by atomic mass is 28.3. The molecule has 0 rings (SSSR count). The Morgan fingerprint density at radius 3 is 2.00 bits per heavy atom. The molecule has 0 bridgehead atoms. The van der Waals surface area contributed by atoms with Crippen LogP contribution in [0.5, 0.6) is 0 Å². The summed E-state index contributed by atoms with van der Waals surface area (Å²) in [6, 6.07) is 4.32. The van der Waals surface area contributed by atoms with Gasteiger partial charge < -0.3 is 0 Å². The summed E-state index contributed by atoms with van der Waals surface area (Å²) in [7, 11) is -0.965. The van der Waals surface area contributed by atoms with E-state index in [4.69, 9.17) is 0 Å². The van der Waals surface area contributed by atoms with Gasteiger partial charge in [-0.05, 0) is 5.54 Å². The van der Waals surface area contributed by atoms with Gasteiger partial charge >= 0.3 is 0 Å². The molecule has 72 valence electrons. The van der Waals surface area contributed by atoms with Gasteiger partial charge in [-0.3, -0.25) is 0 Å². The van der Waals surface area contributed by atoms with Crippen LogP contribution in [0.15, 0.2) is 12.7 Å². The highest BCUT2D eigenvalue weighted by Crippen LogP contribution is 2.34. The van der Waals surface area contributed by atoms with Crippen LogP contribution in [0.3, 0.4) is 0 Å². The maximum Gasteiger partial charge on any atom is 0.0596 e. The summed E-state index contributed by atoms with van der Waals surface area (Å²) in [5.74, 6) is 0. The van der Waals surface area contributed by atoms with Crippen molar-refractivity contribution in [2.45, 2.75) is 57.8 Å². The molecule has 0 fully saturated rings. The molecule has 0 saturated carbocycles. The summed E-state index contributed by atoms with van der Waals surface area (Å²) in [4.78, 5) is 0. The lowest BCUT2D eigenvalue weighted by molar-refractivity contribution is 0.947. The summed E-state index contributed by atoms with van der Waals surface area (Å²) in [6.07, 6.45) is 3.53. The monoisotopic (exact) mass is 184 g/mol. The molecule has 0 aliphatic heterocycles. The smallest absolute Gasteiger partial charge is 0.0596 e. The molecule has 0 N–H and O–H groups in total. The van der Waals surface area contributed by atoms with Crippen molar-refractivity contribution in [3.05, 3.63) is 12.7 Å². The number of allylic oxidation sites excluding steroid dienone is 1. The Labute approximate surface area is 79.1 Å². The van der Waals surface area contributed by atoms with E-state index in [9.17, 15) is 0 Å². The third-order valence-electron chi connectivity index (χ3n) is 3.48. The minimum absolute atomic E-state index is 0.799. The van der Waals surface area contributed by atoms with Crippen molar-refractivity contribution in [1.29, 1.82) is 0 Å². The maximum atomic E-state index is 3.94. The van der Waals surface area contributed by atoms with Crippen LogP contribution in [0, 0.1) is 0 Å². The number of hydrogen-bond donors (Lipinski definition) is 0. The van der Waals surface area contributed by atoms with Crippen LogP contribution in [0.25, 0.3) is 0 Å². The van der Waals surface area contributed by atoms with Crippen LogP contribution in [0.2, 0.25) is 23.7 Å². The SMILES string of the molecule is C=CC(C)[Si](CC)(CC)CCC. The lowest BCUT2D eigenvalue weighted by Crippen LogP contribution is -2.35. The van der Waals surface area contributed by atoms with Gasteiger partial charge in [-0.25, -0.2) is 0 Å². The van der Waals surface area contributed by atoms with Crippen molar-refractivity contribution in [3.63, 3.8) is 0 Å². The summed E-state index contributed by atoms with van der Waals surface area (Å²) in [5, 5.41) is 0. The third-order valence-corrected chi connectivity index (χ3v) is 9.96. The average molecular weight is 184 g/mol. The molecule has 0 heterocycles. The van der Waals surface area contributed by atoms with E-state index in [1.807, 2.05) is 0 Å². The molecule has 0 nitrogen and oxygen atoms in total. The van der Waals surface area contributed by atoms with Crippen molar-refractivity contribution < 1.29 is 0 Å². The van der Waals surface area contributed by atoms with E-state index >= 15 is 0 Å². The van der Waals surface area contributed by atoms with Gasteiger partial charge in [0.25, 0.3) is 0 Å². The van der Waals surface area contributed by atoms with E-state index in [2.05, 4.69) is 40.3 Å². The van der Waals surface area contributed by atoms with Gasteiger partial charge in [-0.2, -0.15) is 0 Å². The fourth-order valence-corrected chi connectivity index (χ4v) is 6.67. The first-order chi connectivity index (χ1) is 5.66. The molecule has 0 aromatic rings. The molecule has 1 heteroatoms. The molecular formula is C11H24Si. The van der Waals surface area contributed by atoms with Crippen LogP contribution in [-0.2, 0) is 0 Å². The van der Waals surface area contributed by atoms with Gasteiger partial charge in [0.2, 0.25) is 0 Å². The quantitative estimate of drug-likeness (QED) is 0.422. The normalized spacial score (nSPS) is 14.3. The fourth-order valence-electron chi connectivity index (χ4n) is 2.22. The van der Waals surface area contributed by atoms with E-state index in [1.54, 1.807) is 0 Å². The minimum Gasteiger partial charge on any atom is -0.103 e. The molecule has 0 aliphatic carbocycles. The number of hydrogen-bond acceptors (Lipinski definition) is 0. The van der Waals surface area contributed by atoms with Crippen LogP contribution in [0.1, 0.15) is 34.1 Å². The highest BCUT2D eigenvalue weighted by Gasteiger charge is 2.31. The predicted molar refractivity (Wildman–Crippen MR) is 61.4 cm³/mol. The first-order valence-electron chi connectivity index (χ1n) is 5.29. The second kappa shape index (κ2) is 5.58. The summed E-state index contributed by atoms with van der Waals surface area (Å²) in [6.45, 7) is 13.3. The van der Waals surface area contributed by atoms with Gasteiger partial charge in [-0.15, -0.1) is 6.58 Å². The van der Waals surface area contributed by atoms with Gasteiger partial charge in [0.05, 0.1) is 8.07 Å². The first-order valence-corrected chi connectivity index (χ1v) is 7.99. The van der Waals surface area contributed by atoms with Crippen molar-refractivity contribution >= 4 is 8.07 Å². The van der Waals surface area contributed by atoms with E-state index in [-0.39, 0.29) is 0 Å². The Kier molecular flexibility index (Phi) is 5.56. The van der Waals surface area contributed by atoms with Crippen molar-refractivity contribution in [1.82, 2.24) is 0 Å². The Morgan fingerprint density at radius 2 is 1.75 bits per heavy atom. The van der Waals surface area contributed by atoms with Gasteiger partial charge in [0.15, 0.2) is 0 Å². The van der Waals surface area contributed by atoms with Gasteiger partial charge in [0, 0.05) is 0 Å². The topological polar surface area (TPSA) is 0 Å². The number of rotatable bonds is 6. The summed E-state index contributed by atoms with van der Waals surface area (Å²) < 4.78 is 0. The first kappa shape index (κ1) is 12.0. The molecular weight excluding hydrogens is 160 g/mol. The second-order valence-corrected chi connectivity index (χ2v) is 9.39. The molecule has 1 unspecified atom stereocenters. The zero-order valence-electron chi connectivity index (χ0n) is 9.19. The lowest BCUT2D eigenvalue weighted by Gasteiger charge is -2.33. The molecule has 0 radical (unpaired) electrons. The fraction of sp³-hybridized carbons (Fsp3) is 0.818. The van der Waals surface area contributed by atoms with Crippen LogP contribution < -0.4 is 0 Å². The Bertz CT molecular complexity index is 125. The van der Waals surface area contributed by atoms with Crippen LogP contribution >= 0.6 is 0 Å². The van der Waals surface area contributed by atoms with E-state index < -0.39 is 8.07 Å². The molecule has 1 atom stereocenters. The van der Waals surface area contributed by atoms with Crippen molar-refractivity contribution in [2.24, 2.45) is 0 Å². The predicted octanol–water partition coefficient (Wildman–Crippen LogP) is 4.46. The zero-order chi connectivity index (χ0) is 9.61. The molecule has 12 heavy (non-hydrogen) atoms. The zero-order valence-corrected chi connectivity index (χ0v) is 10.2. The van der Waals surface area contributed by atoms with Crippen molar-refractivity contribution in [2.75, 3.05) is 0 Å². The summed E-state index contributed by atoms with van der Waals surface area (Å²) >= 11 is 0. The molecule has 0 spiro atoms. The Balaban J connectivity index is 4.43. The minimum atomic E-state index is -0.965. The van der Waals surface area contributed by atoms with Crippen molar-refractivity contribution in [3.8, 4) is 0 Å². The lowest BCUT2D eigenvalue weighted by atomic mass is 10.5. The van der Waals surface area contributed by atoms with Crippen LogP contribution in [0.4, 0.5) is 0 Å². The molecule has 0 aliphatic rings. The molecule has 0 aromatic heterocycles. The molecule has 0 saturated heterocycles. The summed E-state index contributed by atoms with van der Waals surface area (Å²) in [5.41, 5.74) is 0.799. The van der Waals surface area contributed by atoms with Gasteiger partial charge in [0.1, 0.15) is 0 Å². The Morgan fingerprint density at radius 1 is 1.25 bits per heavy atom. The molecule has 0 aromatic carbocycles. The maximum absolute atomic E-state index is 3.94. The Hall–Kier alpha value is -0.0431. The highest BCUT2D eigenvalue weighted by molar-refractivity contribution is 6.81. The standard InChI is InChI=1S/C11H24Si/c1-6-10-12(8-3,9-4)11(5)7-2/h7,11H,2,6,8-10H2,1,3-5H3. The second-order valence-electron chi connectivity index (χ2n) is 3.84. The van der Waals surface area contributed by atoms with E-state index in [1.165, 1.54) is 24.6 Å². The third kappa shape index (κ3) is 2.48.